The standard InChI is InChI=1S/C74H137O24P/c1-5-8-11-14-17-19-21-23-25-27-29-31-37-42-47-58(76)90-51-55(93-60(78)49-44-39-32-30-28-26-24-22-20-18-15-12-9-6-2)52-92-99(88,89)98-72-70(96-73-68(86)63(81)61(79)56(50-75)94-73)66(84)65(83)67(85)71(72)97-74-69(87)64(82)62(80)57(95-74)53-91-59(77)48-43-38-34-33-36-41-46-54(4)45-40-35-16-13-10-7-3/h26,28,54-57,61-75,79-87H,5-25,27,29-53H2,1-4H3,(H,88,89)/b28-26-. The van der Waals surface area contributed by atoms with E-state index in [1.165, 1.54) is 141 Å². The Morgan fingerprint density at radius 2 is 0.768 bits per heavy atom. The first kappa shape index (κ1) is 90.9. The molecule has 0 amide bonds. The van der Waals surface area contributed by atoms with Gasteiger partial charge in [-0.15, -0.1) is 0 Å². The highest BCUT2D eigenvalue weighted by atomic mass is 31.2. The average Bonchev–Trinajstić information content (AvgIpc) is 0.762. The van der Waals surface area contributed by atoms with E-state index in [0.29, 0.717) is 31.6 Å². The monoisotopic (exact) mass is 1440 g/mol. The fraction of sp³-hybridized carbons (Fsp3) is 0.932. The SMILES string of the molecule is CCCCCCCCC/C=C\CCCCCC(=O)OC(COC(=O)CCCCCCCCCCCCCCCC)COP(=O)(O)OC1C(OC2OC(CO)C(O)C(O)C2O)C(O)C(O)C(O)C1OC1OC(COC(=O)CCCCCCCCC(C)CCCCCCCC)C(O)C(O)C1O. The number of phosphoric ester groups is 1. The number of ether oxygens (including phenoxy) is 7. The second-order valence-corrected chi connectivity index (χ2v) is 29.8. The van der Waals surface area contributed by atoms with Crippen LogP contribution in [0, 0.1) is 5.92 Å². The average molecular weight is 1440 g/mol. The number of esters is 3. The predicted molar refractivity (Wildman–Crippen MR) is 375 cm³/mol. The number of phosphoric acid groups is 1. The molecule has 25 heteroatoms. The zero-order valence-electron chi connectivity index (χ0n) is 61.0. The van der Waals surface area contributed by atoms with Gasteiger partial charge < -0.3 is 89.1 Å². The van der Waals surface area contributed by atoms with E-state index in [-0.39, 0.29) is 19.3 Å². The van der Waals surface area contributed by atoms with Gasteiger partial charge in [-0.1, -0.05) is 252 Å². The highest BCUT2D eigenvalue weighted by Crippen LogP contribution is 2.49. The Labute approximate surface area is 592 Å². The van der Waals surface area contributed by atoms with Crippen molar-refractivity contribution < 1.29 is 117 Å². The molecule has 2 heterocycles. The molecule has 0 radical (unpaired) electrons. The molecule has 1 aliphatic carbocycles. The van der Waals surface area contributed by atoms with Crippen LogP contribution in [0.2, 0.25) is 0 Å². The third kappa shape index (κ3) is 38.5. The number of rotatable bonds is 60. The summed E-state index contributed by atoms with van der Waals surface area (Å²) in [5.41, 5.74) is 0. The molecule has 3 rings (SSSR count). The Morgan fingerprint density at radius 1 is 0.414 bits per heavy atom. The third-order valence-electron chi connectivity index (χ3n) is 19.4. The molecule has 11 N–H and O–H groups in total. The number of carbonyl (C=O) groups is 3. The minimum atomic E-state index is -5.70. The zero-order chi connectivity index (χ0) is 72.6. The minimum absolute atomic E-state index is 0.0292. The lowest BCUT2D eigenvalue weighted by atomic mass is 9.84. The van der Waals surface area contributed by atoms with Crippen molar-refractivity contribution >= 4 is 25.7 Å². The topological polar surface area (TPSA) is 374 Å². The van der Waals surface area contributed by atoms with Gasteiger partial charge in [-0.05, 0) is 50.9 Å². The molecule has 24 nitrogen and oxygen atoms in total. The second-order valence-electron chi connectivity index (χ2n) is 28.3. The van der Waals surface area contributed by atoms with Crippen molar-refractivity contribution in [3.05, 3.63) is 12.2 Å². The van der Waals surface area contributed by atoms with Crippen LogP contribution in [-0.2, 0) is 61.2 Å². The molecule has 582 valence electrons. The lowest BCUT2D eigenvalue weighted by molar-refractivity contribution is -0.360. The first-order chi connectivity index (χ1) is 47.7. The lowest BCUT2D eigenvalue weighted by Gasteiger charge is -2.49. The number of unbranched alkanes of at least 4 members (excludes halogenated alkanes) is 33. The van der Waals surface area contributed by atoms with Gasteiger partial charge in [-0.3, -0.25) is 23.4 Å². The summed E-state index contributed by atoms with van der Waals surface area (Å²) in [6, 6.07) is 0. The quantitative estimate of drug-likeness (QED) is 0.00886. The summed E-state index contributed by atoms with van der Waals surface area (Å²) in [6.07, 6.45) is 12.8. The largest absolute Gasteiger partial charge is 0.472 e. The summed E-state index contributed by atoms with van der Waals surface area (Å²) in [5.74, 6) is -1.30. The van der Waals surface area contributed by atoms with E-state index in [9.17, 15) is 74.9 Å². The van der Waals surface area contributed by atoms with E-state index in [2.05, 4.69) is 39.8 Å². The van der Waals surface area contributed by atoms with Gasteiger partial charge >= 0.3 is 25.7 Å². The van der Waals surface area contributed by atoms with E-state index in [1.54, 1.807) is 0 Å². The van der Waals surface area contributed by atoms with Crippen LogP contribution in [0.15, 0.2) is 12.2 Å². The van der Waals surface area contributed by atoms with Crippen LogP contribution in [0.4, 0.5) is 0 Å². The van der Waals surface area contributed by atoms with Crippen LogP contribution in [0.5, 0.6) is 0 Å². The fourth-order valence-corrected chi connectivity index (χ4v) is 14.0. The smallest absolute Gasteiger partial charge is 0.463 e. The van der Waals surface area contributed by atoms with Crippen LogP contribution in [0.25, 0.3) is 0 Å². The molecule has 99 heavy (non-hydrogen) atoms. The molecular weight excluding hydrogens is 1300 g/mol. The molecule has 1 saturated carbocycles. The number of aliphatic hydroxyl groups excluding tert-OH is 10. The van der Waals surface area contributed by atoms with Gasteiger partial charge in [0.2, 0.25) is 0 Å². The van der Waals surface area contributed by atoms with E-state index < -0.39 is 156 Å². The summed E-state index contributed by atoms with van der Waals surface area (Å²) in [7, 11) is -5.70. The molecular formula is C74H137O24P. The summed E-state index contributed by atoms with van der Waals surface area (Å²) in [4.78, 5) is 51.1. The second kappa shape index (κ2) is 55.2. The molecule has 2 aliphatic heterocycles. The van der Waals surface area contributed by atoms with Crippen LogP contribution in [-0.4, -0.2) is 204 Å². The zero-order valence-corrected chi connectivity index (χ0v) is 61.8. The summed E-state index contributed by atoms with van der Waals surface area (Å²) in [6.45, 7) is 5.76. The van der Waals surface area contributed by atoms with Gasteiger partial charge in [-0.2, -0.15) is 0 Å². The van der Waals surface area contributed by atoms with Crippen LogP contribution in [0.1, 0.15) is 304 Å². The van der Waals surface area contributed by atoms with Gasteiger partial charge in [0.1, 0.15) is 98.7 Å². The Morgan fingerprint density at radius 3 is 1.20 bits per heavy atom. The number of aliphatic hydroxyl groups is 10. The molecule has 2 saturated heterocycles. The van der Waals surface area contributed by atoms with E-state index in [0.717, 1.165) is 89.9 Å². The van der Waals surface area contributed by atoms with Crippen LogP contribution >= 0.6 is 7.82 Å². The van der Waals surface area contributed by atoms with Crippen molar-refractivity contribution in [3.8, 4) is 0 Å². The van der Waals surface area contributed by atoms with Gasteiger partial charge in [-0.25, -0.2) is 4.57 Å². The summed E-state index contributed by atoms with van der Waals surface area (Å²) in [5, 5.41) is 110. The van der Waals surface area contributed by atoms with Crippen molar-refractivity contribution in [1.82, 2.24) is 0 Å². The number of hydrogen-bond donors (Lipinski definition) is 11. The molecule has 0 bridgehead atoms. The number of allylic oxidation sites excluding steroid dienone is 2. The molecule has 19 atom stereocenters. The lowest BCUT2D eigenvalue weighted by Crippen LogP contribution is -2.69. The minimum Gasteiger partial charge on any atom is -0.463 e. The van der Waals surface area contributed by atoms with Crippen molar-refractivity contribution in [2.45, 2.75) is 408 Å². The van der Waals surface area contributed by atoms with Crippen molar-refractivity contribution in [2.24, 2.45) is 5.92 Å². The van der Waals surface area contributed by atoms with Gasteiger partial charge in [0.25, 0.3) is 0 Å². The maximum atomic E-state index is 14.3. The van der Waals surface area contributed by atoms with Gasteiger partial charge in [0.05, 0.1) is 13.2 Å². The van der Waals surface area contributed by atoms with Gasteiger partial charge in [0.15, 0.2) is 18.7 Å². The number of hydrogen-bond acceptors (Lipinski definition) is 23. The molecule has 0 aromatic heterocycles. The normalized spacial score (nSPS) is 27.8. The Balaban J connectivity index is 1.73. The third-order valence-corrected chi connectivity index (χ3v) is 20.4. The Bertz CT molecular complexity index is 2110. The van der Waals surface area contributed by atoms with E-state index in [1.807, 2.05) is 0 Å². The first-order valence-electron chi connectivity index (χ1n) is 38.9. The van der Waals surface area contributed by atoms with E-state index >= 15 is 0 Å². The molecule has 3 aliphatic rings. The Hall–Kier alpha value is -2.30. The van der Waals surface area contributed by atoms with Crippen molar-refractivity contribution in [2.75, 3.05) is 26.4 Å². The van der Waals surface area contributed by atoms with E-state index in [4.69, 9.17) is 42.2 Å². The molecule has 0 aromatic carbocycles. The van der Waals surface area contributed by atoms with Crippen LogP contribution < -0.4 is 0 Å². The molecule has 19 unspecified atom stereocenters. The number of carbonyl (C=O) groups excluding carboxylic acids is 3. The molecule has 0 aromatic rings. The van der Waals surface area contributed by atoms with Gasteiger partial charge in [0, 0.05) is 19.3 Å². The van der Waals surface area contributed by atoms with Crippen molar-refractivity contribution in [1.29, 1.82) is 0 Å². The maximum absolute atomic E-state index is 14.3. The highest BCUT2D eigenvalue weighted by molar-refractivity contribution is 7.47. The fourth-order valence-electron chi connectivity index (χ4n) is 13.0. The maximum Gasteiger partial charge on any atom is 0.472 e. The van der Waals surface area contributed by atoms with Crippen LogP contribution in [0.3, 0.4) is 0 Å². The first-order valence-corrected chi connectivity index (χ1v) is 40.4. The van der Waals surface area contributed by atoms with Crippen molar-refractivity contribution in [3.63, 3.8) is 0 Å². The molecule has 3 fully saturated rings. The summed E-state index contributed by atoms with van der Waals surface area (Å²) < 4.78 is 65.1. The molecule has 0 spiro atoms. The Kier molecular flexibility index (Phi) is 50.7. The summed E-state index contributed by atoms with van der Waals surface area (Å²) >= 11 is 0. The predicted octanol–water partition coefficient (Wildman–Crippen LogP) is 11.0. The highest BCUT2D eigenvalue weighted by Gasteiger charge is 2.58.